The molecule has 86 valence electrons. The van der Waals surface area contributed by atoms with E-state index in [1.165, 1.54) is 13.3 Å². The van der Waals surface area contributed by atoms with Crippen molar-refractivity contribution in [1.29, 1.82) is 0 Å². The molecule has 4 nitrogen and oxygen atoms in total. The third kappa shape index (κ3) is 3.63. The van der Waals surface area contributed by atoms with Crippen molar-refractivity contribution in [3.05, 3.63) is 0 Å². The summed E-state index contributed by atoms with van der Waals surface area (Å²) in [5, 5.41) is 0. The van der Waals surface area contributed by atoms with Crippen molar-refractivity contribution in [3.8, 4) is 0 Å². The molecule has 1 fully saturated rings. The van der Waals surface area contributed by atoms with Gasteiger partial charge in [0.05, 0.1) is 0 Å². The number of ketones is 1. The van der Waals surface area contributed by atoms with Gasteiger partial charge in [-0.25, -0.2) is 0 Å². The van der Waals surface area contributed by atoms with Crippen molar-refractivity contribution in [1.82, 2.24) is 9.80 Å². The van der Waals surface area contributed by atoms with E-state index in [-0.39, 0.29) is 11.7 Å². The van der Waals surface area contributed by atoms with Crippen molar-refractivity contribution in [3.63, 3.8) is 0 Å². The largest absolute Gasteiger partial charge is 0.339 e. The fourth-order valence-electron chi connectivity index (χ4n) is 2.16. The number of amides is 1. The molecule has 0 radical (unpaired) electrons. The summed E-state index contributed by atoms with van der Waals surface area (Å²) in [7, 11) is 3.80. The van der Waals surface area contributed by atoms with Crippen LogP contribution >= 0.6 is 0 Å². The van der Waals surface area contributed by atoms with Gasteiger partial charge >= 0.3 is 0 Å². The number of likely N-dealkylation sites (tertiary alicyclic amines) is 1. The molecular formula is C11H20N2O2. The van der Waals surface area contributed by atoms with Crippen molar-refractivity contribution in [2.24, 2.45) is 5.92 Å². The van der Waals surface area contributed by atoms with Gasteiger partial charge in [-0.05, 0) is 32.4 Å². The predicted molar refractivity (Wildman–Crippen MR) is 58.5 cm³/mol. The molecule has 1 heterocycles. The van der Waals surface area contributed by atoms with Crippen LogP contribution in [-0.2, 0) is 9.59 Å². The Morgan fingerprint density at radius 3 is 2.67 bits per heavy atom. The molecule has 0 saturated carbocycles. The molecule has 1 rings (SSSR count). The van der Waals surface area contributed by atoms with Gasteiger partial charge in [0.2, 0.25) is 5.78 Å². The van der Waals surface area contributed by atoms with E-state index in [2.05, 4.69) is 11.9 Å². The fraction of sp³-hybridized carbons (Fsp3) is 0.818. The van der Waals surface area contributed by atoms with Gasteiger partial charge in [-0.1, -0.05) is 0 Å². The minimum absolute atomic E-state index is 0.372. The topological polar surface area (TPSA) is 40.6 Å². The van der Waals surface area contributed by atoms with Gasteiger partial charge in [0.25, 0.3) is 5.91 Å². The SMILES string of the molecule is CC(=O)C(=O)N(C)CC1CCCN(C)C1. The molecule has 1 saturated heterocycles. The van der Waals surface area contributed by atoms with E-state index in [9.17, 15) is 9.59 Å². The van der Waals surface area contributed by atoms with Gasteiger partial charge in [-0.15, -0.1) is 0 Å². The monoisotopic (exact) mass is 212 g/mol. The van der Waals surface area contributed by atoms with E-state index in [4.69, 9.17) is 0 Å². The first-order valence-electron chi connectivity index (χ1n) is 5.45. The summed E-state index contributed by atoms with van der Waals surface area (Å²) in [4.78, 5) is 26.1. The highest BCUT2D eigenvalue weighted by atomic mass is 16.2. The Morgan fingerprint density at radius 1 is 1.47 bits per heavy atom. The van der Waals surface area contributed by atoms with Crippen LogP contribution in [0.3, 0.4) is 0 Å². The molecule has 0 aromatic carbocycles. The van der Waals surface area contributed by atoms with Crippen molar-refractivity contribution in [2.75, 3.05) is 33.7 Å². The van der Waals surface area contributed by atoms with Crippen LogP contribution in [0.2, 0.25) is 0 Å². The summed E-state index contributed by atoms with van der Waals surface area (Å²) >= 11 is 0. The molecular weight excluding hydrogens is 192 g/mol. The Balaban J connectivity index is 2.40. The minimum Gasteiger partial charge on any atom is -0.339 e. The Labute approximate surface area is 91.2 Å². The first kappa shape index (κ1) is 12.2. The molecule has 4 heteroatoms. The highest BCUT2D eigenvalue weighted by molar-refractivity contribution is 6.34. The average molecular weight is 212 g/mol. The van der Waals surface area contributed by atoms with E-state index in [0.717, 1.165) is 19.5 Å². The van der Waals surface area contributed by atoms with E-state index < -0.39 is 0 Å². The summed E-state index contributed by atoms with van der Waals surface area (Å²) in [5.41, 5.74) is 0. The predicted octanol–water partition coefficient (Wildman–Crippen LogP) is 0.376. The summed E-state index contributed by atoms with van der Waals surface area (Å²) in [5.74, 6) is -0.234. The highest BCUT2D eigenvalue weighted by Crippen LogP contribution is 2.15. The zero-order valence-electron chi connectivity index (χ0n) is 9.82. The maximum atomic E-state index is 11.4. The molecule has 0 aromatic heterocycles. The van der Waals surface area contributed by atoms with Crippen LogP contribution in [0.1, 0.15) is 19.8 Å². The summed E-state index contributed by atoms with van der Waals surface area (Å²) < 4.78 is 0. The quantitative estimate of drug-likeness (QED) is 0.635. The number of Topliss-reactive ketones (excluding diaryl/α,β-unsaturated/α-hetero) is 1. The van der Waals surface area contributed by atoms with Crippen LogP contribution in [0, 0.1) is 5.92 Å². The maximum absolute atomic E-state index is 11.4. The summed E-state index contributed by atoms with van der Waals surface area (Å²) in [6, 6.07) is 0. The van der Waals surface area contributed by atoms with Crippen molar-refractivity contribution < 1.29 is 9.59 Å². The molecule has 1 aliphatic rings. The first-order valence-corrected chi connectivity index (χ1v) is 5.45. The zero-order chi connectivity index (χ0) is 11.4. The molecule has 1 unspecified atom stereocenters. The second-order valence-electron chi connectivity index (χ2n) is 4.51. The molecule has 1 amide bonds. The lowest BCUT2D eigenvalue weighted by Gasteiger charge is -2.32. The number of piperidine rings is 1. The number of rotatable bonds is 3. The van der Waals surface area contributed by atoms with Gasteiger partial charge in [0.15, 0.2) is 0 Å². The van der Waals surface area contributed by atoms with E-state index >= 15 is 0 Å². The maximum Gasteiger partial charge on any atom is 0.289 e. The lowest BCUT2D eigenvalue weighted by atomic mass is 9.98. The van der Waals surface area contributed by atoms with Gasteiger partial charge in [0, 0.05) is 27.1 Å². The van der Waals surface area contributed by atoms with Crippen LogP contribution in [-0.4, -0.2) is 55.2 Å². The number of nitrogens with zero attached hydrogens (tertiary/aromatic N) is 2. The Bertz CT molecular complexity index is 253. The van der Waals surface area contributed by atoms with Gasteiger partial charge in [-0.2, -0.15) is 0 Å². The molecule has 1 atom stereocenters. The molecule has 1 aliphatic heterocycles. The number of hydrogen-bond donors (Lipinski definition) is 0. The minimum atomic E-state index is -0.373. The van der Waals surface area contributed by atoms with E-state index in [0.29, 0.717) is 12.5 Å². The van der Waals surface area contributed by atoms with Gasteiger partial charge < -0.3 is 9.80 Å². The third-order valence-electron chi connectivity index (χ3n) is 2.90. The summed E-state index contributed by atoms with van der Waals surface area (Å²) in [6.07, 6.45) is 2.34. The lowest BCUT2D eigenvalue weighted by molar-refractivity contribution is -0.143. The number of carbonyl (C=O) groups is 2. The molecule has 0 N–H and O–H groups in total. The molecule has 15 heavy (non-hydrogen) atoms. The standard InChI is InChI=1S/C11H20N2O2/c1-9(14)11(15)13(3)8-10-5-4-6-12(2)7-10/h10H,4-8H2,1-3H3. The number of carbonyl (C=O) groups excluding carboxylic acids is 2. The highest BCUT2D eigenvalue weighted by Gasteiger charge is 2.22. The van der Waals surface area contributed by atoms with Crippen LogP contribution in [0.25, 0.3) is 0 Å². The smallest absolute Gasteiger partial charge is 0.289 e. The molecule has 0 aliphatic carbocycles. The Morgan fingerprint density at radius 2 is 2.13 bits per heavy atom. The number of hydrogen-bond acceptors (Lipinski definition) is 3. The second-order valence-corrected chi connectivity index (χ2v) is 4.51. The van der Waals surface area contributed by atoms with Crippen LogP contribution < -0.4 is 0 Å². The lowest BCUT2D eigenvalue weighted by Crippen LogP contribution is -2.41. The second kappa shape index (κ2) is 5.26. The fourth-order valence-corrected chi connectivity index (χ4v) is 2.16. The Kier molecular flexibility index (Phi) is 4.27. The third-order valence-corrected chi connectivity index (χ3v) is 2.90. The van der Waals surface area contributed by atoms with Crippen molar-refractivity contribution >= 4 is 11.7 Å². The molecule has 0 bridgehead atoms. The van der Waals surface area contributed by atoms with Gasteiger partial charge in [-0.3, -0.25) is 9.59 Å². The van der Waals surface area contributed by atoms with Gasteiger partial charge in [0.1, 0.15) is 0 Å². The zero-order valence-corrected chi connectivity index (χ0v) is 9.82. The van der Waals surface area contributed by atoms with Crippen LogP contribution in [0.5, 0.6) is 0 Å². The van der Waals surface area contributed by atoms with Crippen LogP contribution in [0.15, 0.2) is 0 Å². The molecule has 0 aromatic rings. The molecule has 0 spiro atoms. The van der Waals surface area contributed by atoms with E-state index in [1.807, 2.05) is 0 Å². The van der Waals surface area contributed by atoms with Crippen LogP contribution in [0.4, 0.5) is 0 Å². The average Bonchev–Trinajstić information content (AvgIpc) is 2.16. The number of likely N-dealkylation sites (N-methyl/N-ethyl adjacent to an activating group) is 1. The summed E-state index contributed by atoms with van der Waals surface area (Å²) in [6.45, 7) is 4.19. The van der Waals surface area contributed by atoms with E-state index in [1.54, 1.807) is 11.9 Å². The first-order chi connectivity index (χ1) is 7.00. The van der Waals surface area contributed by atoms with Crippen molar-refractivity contribution in [2.45, 2.75) is 19.8 Å². The Hall–Kier alpha value is -0.900. The normalized spacial score (nSPS) is 22.5.